The molecule has 0 aromatic carbocycles. The van der Waals surface area contributed by atoms with Gasteiger partial charge < -0.3 is 9.84 Å². The molecule has 0 atom stereocenters. The molecule has 3 rings (SSSR count). The lowest BCUT2D eigenvalue weighted by molar-refractivity contribution is 0.239. The van der Waals surface area contributed by atoms with Crippen molar-refractivity contribution in [3.63, 3.8) is 0 Å². The maximum Gasteiger partial charge on any atom is 0.241 e. The summed E-state index contributed by atoms with van der Waals surface area (Å²) in [5.41, 5.74) is 1.85. The van der Waals surface area contributed by atoms with E-state index in [4.69, 9.17) is 4.52 Å². The summed E-state index contributed by atoms with van der Waals surface area (Å²) >= 11 is 0. The molecule has 0 saturated carbocycles. The van der Waals surface area contributed by atoms with E-state index in [1.165, 1.54) is 0 Å². The highest BCUT2D eigenvalue weighted by Crippen LogP contribution is 2.17. The number of rotatable bonds is 3. The molecule has 1 aliphatic heterocycles. The number of nitrogens with one attached hydrogen (secondary N) is 1. The van der Waals surface area contributed by atoms with Gasteiger partial charge in [0.05, 0.1) is 6.54 Å². The Labute approximate surface area is 118 Å². The fraction of sp³-hybridized carbons (Fsp3) is 0.500. The average Bonchev–Trinajstić information content (AvgIpc) is 2.75. The molecular formula is C14H19N5O. The van der Waals surface area contributed by atoms with Crippen LogP contribution >= 0.6 is 0 Å². The lowest BCUT2D eigenvalue weighted by Gasteiger charge is -2.16. The first kappa shape index (κ1) is 13.2. The molecule has 6 nitrogen and oxygen atoms in total. The molecule has 0 amide bonds. The highest BCUT2D eigenvalue weighted by atomic mass is 16.5. The highest BCUT2D eigenvalue weighted by Gasteiger charge is 2.15. The number of hydrogen-bond acceptors (Lipinski definition) is 6. The van der Waals surface area contributed by atoms with E-state index < -0.39 is 0 Å². The van der Waals surface area contributed by atoms with Gasteiger partial charge in [-0.1, -0.05) is 11.2 Å². The maximum atomic E-state index is 5.35. The Bertz CT molecular complexity index is 560. The van der Waals surface area contributed by atoms with Gasteiger partial charge in [-0.05, 0) is 38.1 Å². The second-order valence-electron chi connectivity index (χ2n) is 5.06. The Morgan fingerprint density at radius 3 is 3.20 bits per heavy atom. The Kier molecular flexibility index (Phi) is 4.03. The number of nitrogens with zero attached hydrogens (tertiary/aromatic N) is 4. The van der Waals surface area contributed by atoms with Crippen molar-refractivity contribution in [3.8, 4) is 11.5 Å². The molecule has 0 radical (unpaired) electrons. The minimum absolute atomic E-state index is 0.575. The van der Waals surface area contributed by atoms with E-state index in [9.17, 15) is 0 Å². The van der Waals surface area contributed by atoms with Crippen LogP contribution in [-0.2, 0) is 6.54 Å². The molecule has 1 fully saturated rings. The number of pyridine rings is 1. The van der Waals surface area contributed by atoms with Gasteiger partial charge in [0.2, 0.25) is 11.7 Å². The van der Waals surface area contributed by atoms with E-state index in [1.54, 1.807) is 6.20 Å². The van der Waals surface area contributed by atoms with Crippen LogP contribution in [0, 0.1) is 6.92 Å². The third kappa shape index (κ3) is 3.02. The summed E-state index contributed by atoms with van der Waals surface area (Å²) in [7, 11) is 0. The minimum atomic E-state index is 0.575. The molecule has 6 heteroatoms. The molecule has 3 heterocycles. The first-order chi connectivity index (χ1) is 9.83. The smallest absolute Gasteiger partial charge is 0.241 e. The molecule has 2 aromatic rings. The Hall–Kier alpha value is -1.79. The molecule has 20 heavy (non-hydrogen) atoms. The minimum Gasteiger partial charge on any atom is -0.337 e. The van der Waals surface area contributed by atoms with Gasteiger partial charge in [0.25, 0.3) is 0 Å². The van der Waals surface area contributed by atoms with Crippen molar-refractivity contribution in [2.24, 2.45) is 0 Å². The van der Waals surface area contributed by atoms with Crippen LogP contribution in [0.4, 0.5) is 0 Å². The molecule has 0 bridgehead atoms. The molecule has 2 aromatic heterocycles. The quantitative estimate of drug-likeness (QED) is 0.907. The van der Waals surface area contributed by atoms with Crippen molar-refractivity contribution in [1.82, 2.24) is 25.3 Å². The second kappa shape index (κ2) is 6.11. The standard InChI is InChI=1S/C14H19N5O/c1-11-4-2-6-16-13(11)14-17-12(20-18-14)10-19-8-3-5-15-7-9-19/h2,4,6,15H,3,5,7-10H2,1H3. The van der Waals surface area contributed by atoms with Gasteiger partial charge in [-0.2, -0.15) is 4.98 Å². The molecule has 1 N–H and O–H groups in total. The lowest BCUT2D eigenvalue weighted by Crippen LogP contribution is -2.27. The second-order valence-corrected chi connectivity index (χ2v) is 5.06. The fourth-order valence-electron chi connectivity index (χ4n) is 2.39. The molecular weight excluding hydrogens is 254 g/mol. The van der Waals surface area contributed by atoms with E-state index >= 15 is 0 Å². The molecule has 1 saturated heterocycles. The first-order valence-corrected chi connectivity index (χ1v) is 7.00. The van der Waals surface area contributed by atoms with E-state index in [0.717, 1.165) is 43.9 Å². The van der Waals surface area contributed by atoms with E-state index in [1.807, 2.05) is 19.1 Å². The monoisotopic (exact) mass is 273 g/mol. The number of aromatic nitrogens is 3. The molecule has 0 spiro atoms. The molecule has 1 aliphatic rings. The summed E-state index contributed by atoms with van der Waals surface area (Å²) < 4.78 is 5.35. The van der Waals surface area contributed by atoms with Crippen LogP contribution in [0.3, 0.4) is 0 Å². The average molecular weight is 273 g/mol. The van der Waals surface area contributed by atoms with E-state index in [-0.39, 0.29) is 0 Å². The fourth-order valence-corrected chi connectivity index (χ4v) is 2.39. The predicted octanol–water partition coefficient (Wildman–Crippen LogP) is 1.24. The third-order valence-electron chi connectivity index (χ3n) is 3.48. The summed E-state index contributed by atoms with van der Waals surface area (Å²) in [5.74, 6) is 1.23. The normalized spacial score (nSPS) is 17.1. The zero-order chi connectivity index (χ0) is 13.8. The van der Waals surface area contributed by atoms with Crippen molar-refractivity contribution in [2.45, 2.75) is 19.9 Å². The van der Waals surface area contributed by atoms with Crippen molar-refractivity contribution in [2.75, 3.05) is 26.2 Å². The van der Waals surface area contributed by atoms with Crippen molar-refractivity contribution < 1.29 is 4.52 Å². The first-order valence-electron chi connectivity index (χ1n) is 7.00. The third-order valence-corrected chi connectivity index (χ3v) is 3.48. The van der Waals surface area contributed by atoms with Gasteiger partial charge in [0, 0.05) is 19.3 Å². The Morgan fingerprint density at radius 2 is 2.30 bits per heavy atom. The molecule has 0 unspecified atom stereocenters. The summed E-state index contributed by atoms with van der Waals surface area (Å²) in [6, 6.07) is 3.91. The van der Waals surface area contributed by atoms with Crippen LogP contribution in [0.25, 0.3) is 11.5 Å². The van der Waals surface area contributed by atoms with Crippen LogP contribution in [0.2, 0.25) is 0 Å². The zero-order valence-electron chi connectivity index (χ0n) is 11.7. The van der Waals surface area contributed by atoms with Crippen molar-refractivity contribution in [3.05, 3.63) is 29.8 Å². The largest absolute Gasteiger partial charge is 0.337 e. The van der Waals surface area contributed by atoms with Crippen LogP contribution in [0.1, 0.15) is 17.9 Å². The summed E-state index contributed by atoms with van der Waals surface area (Å²) in [4.78, 5) is 11.1. The SMILES string of the molecule is Cc1cccnc1-c1noc(CN2CCCNCC2)n1. The van der Waals surface area contributed by atoms with Gasteiger partial charge in [-0.25, -0.2) is 0 Å². The van der Waals surface area contributed by atoms with E-state index in [0.29, 0.717) is 18.3 Å². The van der Waals surface area contributed by atoms with Crippen molar-refractivity contribution >= 4 is 0 Å². The van der Waals surface area contributed by atoms with Crippen molar-refractivity contribution in [1.29, 1.82) is 0 Å². The van der Waals surface area contributed by atoms with Crippen LogP contribution in [0.15, 0.2) is 22.9 Å². The topological polar surface area (TPSA) is 67.1 Å². The highest BCUT2D eigenvalue weighted by molar-refractivity contribution is 5.52. The van der Waals surface area contributed by atoms with Gasteiger partial charge in [-0.15, -0.1) is 0 Å². The van der Waals surface area contributed by atoms with Gasteiger partial charge in [0.15, 0.2) is 0 Å². The van der Waals surface area contributed by atoms with Crippen LogP contribution in [-0.4, -0.2) is 46.2 Å². The van der Waals surface area contributed by atoms with Gasteiger partial charge >= 0.3 is 0 Å². The zero-order valence-corrected chi connectivity index (χ0v) is 11.7. The summed E-state index contributed by atoms with van der Waals surface area (Å²) in [6.07, 6.45) is 2.90. The molecule has 0 aliphatic carbocycles. The Balaban J connectivity index is 1.72. The van der Waals surface area contributed by atoms with Crippen LogP contribution in [0.5, 0.6) is 0 Å². The summed E-state index contributed by atoms with van der Waals surface area (Å²) in [6.45, 7) is 6.88. The maximum absolute atomic E-state index is 5.35. The molecule has 106 valence electrons. The van der Waals surface area contributed by atoms with E-state index in [2.05, 4.69) is 25.3 Å². The lowest BCUT2D eigenvalue weighted by atomic mass is 10.2. The van der Waals surface area contributed by atoms with Gasteiger partial charge in [0.1, 0.15) is 5.69 Å². The number of hydrogen-bond donors (Lipinski definition) is 1. The number of aryl methyl sites for hydroxylation is 1. The Morgan fingerprint density at radius 1 is 1.35 bits per heavy atom. The van der Waals surface area contributed by atoms with Gasteiger partial charge in [-0.3, -0.25) is 9.88 Å². The predicted molar refractivity (Wildman–Crippen MR) is 75.0 cm³/mol. The van der Waals surface area contributed by atoms with Crippen LogP contribution < -0.4 is 5.32 Å². The summed E-state index contributed by atoms with van der Waals surface area (Å²) in [5, 5.41) is 7.43.